The molecule has 6 nitrogen and oxygen atoms in total. The Balaban J connectivity index is 1.88. The number of benzene rings is 1. The maximum absolute atomic E-state index is 5.52. The molecule has 1 aromatic heterocycles. The molecule has 0 bridgehead atoms. The highest BCUT2D eigenvalue weighted by atomic mass is 32.1. The van der Waals surface area contributed by atoms with Gasteiger partial charge in [-0.15, -0.1) is 0 Å². The summed E-state index contributed by atoms with van der Waals surface area (Å²) in [5, 5.41) is 8.51. The Morgan fingerprint density at radius 2 is 1.92 bits per heavy atom. The number of aryl methyl sites for hydroxylation is 2. The summed E-state index contributed by atoms with van der Waals surface area (Å²) in [4.78, 5) is 2.04. The molecule has 7 heteroatoms. The molecule has 0 aliphatic heterocycles. The van der Waals surface area contributed by atoms with Crippen molar-refractivity contribution < 1.29 is 9.47 Å². The highest BCUT2D eigenvalue weighted by Crippen LogP contribution is 2.27. The summed E-state index contributed by atoms with van der Waals surface area (Å²) in [6.07, 6.45) is 0.847. The van der Waals surface area contributed by atoms with Gasteiger partial charge in [0.2, 0.25) is 0 Å². The summed E-state index contributed by atoms with van der Waals surface area (Å²) < 4.78 is 12.5. The second-order valence-electron chi connectivity index (χ2n) is 6.30. The lowest BCUT2D eigenvalue weighted by atomic mass is 10.1. The standard InChI is InChI=1S/C19H28N4O2S/c1-13-16(14(2)23(4)21-13)12-22(3)19(26)20-10-9-15-7-8-17(24-5)18(11-15)25-6/h7-8,11H,9-10,12H2,1-6H3,(H,20,26). The minimum absolute atomic E-state index is 0.730. The van der Waals surface area contributed by atoms with Crippen LogP contribution in [0.5, 0.6) is 11.5 Å². The van der Waals surface area contributed by atoms with E-state index in [1.54, 1.807) is 14.2 Å². The second-order valence-corrected chi connectivity index (χ2v) is 6.69. The van der Waals surface area contributed by atoms with Crippen molar-refractivity contribution in [1.82, 2.24) is 20.0 Å². The van der Waals surface area contributed by atoms with Crippen LogP contribution < -0.4 is 14.8 Å². The summed E-state index contributed by atoms with van der Waals surface area (Å²) in [6, 6.07) is 5.96. The maximum Gasteiger partial charge on any atom is 0.168 e. The molecule has 1 aromatic carbocycles. The fourth-order valence-electron chi connectivity index (χ4n) is 2.84. The van der Waals surface area contributed by atoms with Crippen molar-refractivity contribution in [1.29, 1.82) is 0 Å². The van der Waals surface area contributed by atoms with Gasteiger partial charge < -0.3 is 19.7 Å². The van der Waals surface area contributed by atoms with Crippen molar-refractivity contribution in [3.05, 3.63) is 40.7 Å². The smallest absolute Gasteiger partial charge is 0.168 e. The Hall–Kier alpha value is -2.28. The van der Waals surface area contributed by atoms with Crippen LogP contribution in [0.1, 0.15) is 22.5 Å². The van der Waals surface area contributed by atoms with Crippen LogP contribution >= 0.6 is 12.2 Å². The molecular weight excluding hydrogens is 348 g/mol. The van der Waals surface area contributed by atoms with E-state index in [0.717, 1.165) is 41.8 Å². The summed E-state index contributed by atoms with van der Waals surface area (Å²) in [6.45, 7) is 5.61. The summed E-state index contributed by atoms with van der Waals surface area (Å²) in [5.41, 5.74) is 4.60. The van der Waals surface area contributed by atoms with E-state index < -0.39 is 0 Å². The lowest BCUT2D eigenvalue weighted by Crippen LogP contribution is -2.37. The van der Waals surface area contributed by atoms with Gasteiger partial charge in [-0.3, -0.25) is 4.68 Å². The third-order valence-electron chi connectivity index (χ3n) is 4.54. The van der Waals surface area contributed by atoms with E-state index >= 15 is 0 Å². The predicted molar refractivity (Wildman–Crippen MR) is 108 cm³/mol. The van der Waals surface area contributed by atoms with Crippen molar-refractivity contribution in [2.45, 2.75) is 26.8 Å². The van der Waals surface area contributed by atoms with Gasteiger partial charge in [-0.1, -0.05) is 6.07 Å². The zero-order chi connectivity index (χ0) is 19.3. The van der Waals surface area contributed by atoms with Gasteiger partial charge in [0.25, 0.3) is 0 Å². The van der Waals surface area contributed by atoms with Crippen LogP contribution in [0, 0.1) is 13.8 Å². The number of hydrogen-bond donors (Lipinski definition) is 1. The van der Waals surface area contributed by atoms with E-state index in [9.17, 15) is 0 Å². The maximum atomic E-state index is 5.52. The topological polar surface area (TPSA) is 51.5 Å². The van der Waals surface area contributed by atoms with E-state index in [0.29, 0.717) is 0 Å². The van der Waals surface area contributed by atoms with Crippen LogP contribution in [0.3, 0.4) is 0 Å². The van der Waals surface area contributed by atoms with Crippen LogP contribution in [0.25, 0.3) is 0 Å². The van der Waals surface area contributed by atoms with E-state index in [-0.39, 0.29) is 0 Å². The number of ether oxygens (including phenoxy) is 2. The molecule has 0 atom stereocenters. The number of hydrogen-bond acceptors (Lipinski definition) is 4. The molecular formula is C19H28N4O2S. The van der Waals surface area contributed by atoms with Crippen LogP contribution in [0.15, 0.2) is 18.2 Å². The SMILES string of the molecule is COc1ccc(CCNC(=S)N(C)Cc2c(C)nn(C)c2C)cc1OC. The third kappa shape index (κ3) is 4.66. The van der Waals surface area contributed by atoms with Gasteiger partial charge in [-0.05, 0) is 50.2 Å². The molecule has 0 unspecified atom stereocenters. The molecule has 0 fully saturated rings. The zero-order valence-corrected chi connectivity index (χ0v) is 17.2. The molecule has 0 spiro atoms. The van der Waals surface area contributed by atoms with Crippen molar-refractivity contribution >= 4 is 17.3 Å². The molecule has 0 aliphatic carbocycles. The molecule has 2 aromatic rings. The monoisotopic (exact) mass is 376 g/mol. The largest absolute Gasteiger partial charge is 0.493 e. The Morgan fingerprint density at radius 1 is 1.23 bits per heavy atom. The van der Waals surface area contributed by atoms with E-state index in [2.05, 4.69) is 17.3 Å². The highest BCUT2D eigenvalue weighted by molar-refractivity contribution is 7.80. The van der Waals surface area contributed by atoms with Gasteiger partial charge in [-0.25, -0.2) is 0 Å². The average molecular weight is 377 g/mol. The van der Waals surface area contributed by atoms with Crippen LogP contribution in [0.4, 0.5) is 0 Å². The van der Waals surface area contributed by atoms with Gasteiger partial charge in [-0.2, -0.15) is 5.10 Å². The fraction of sp³-hybridized carbons (Fsp3) is 0.474. The van der Waals surface area contributed by atoms with E-state index in [4.69, 9.17) is 21.7 Å². The minimum atomic E-state index is 0.730. The Labute approximate surface area is 161 Å². The fourth-order valence-corrected chi connectivity index (χ4v) is 3.01. The first-order valence-corrected chi connectivity index (χ1v) is 8.97. The normalized spacial score (nSPS) is 10.5. The Bertz CT molecular complexity index is 773. The molecule has 0 saturated heterocycles. The first kappa shape index (κ1) is 20.0. The molecule has 142 valence electrons. The van der Waals surface area contributed by atoms with Crippen molar-refractivity contribution in [3.8, 4) is 11.5 Å². The van der Waals surface area contributed by atoms with E-state index in [1.807, 2.05) is 48.8 Å². The molecule has 0 saturated carbocycles. The molecule has 0 aliphatic rings. The first-order valence-electron chi connectivity index (χ1n) is 8.56. The molecule has 1 heterocycles. The van der Waals surface area contributed by atoms with Gasteiger partial charge in [0.05, 0.1) is 19.9 Å². The van der Waals surface area contributed by atoms with Gasteiger partial charge in [0.15, 0.2) is 16.6 Å². The van der Waals surface area contributed by atoms with Crippen molar-refractivity contribution in [2.24, 2.45) is 7.05 Å². The summed E-state index contributed by atoms with van der Waals surface area (Å²) >= 11 is 5.52. The third-order valence-corrected chi connectivity index (χ3v) is 4.99. The second kappa shape index (κ2) is 8.89. The Kier molecular flexibility index (Phi) is 6.85. The number of nitrogens with zero attached hydrogens (tertiary/aromatic N) is 3. The first-order chi connectivity index (χ1) is 12.4. The summed E-state index contributed by atoms with van der Waals surface area (Å²) in [5.74, 6) is 1.48. The predicted octanol–water partition coefficient (Wildman–Crippen LogP) is 2.60. The summed E-state index contributed by atoms with van der Waals surface area (Å²) in [7, 11) is 7.24. The van der Waals surface area contributed by atoms with Crippen molar-refractivity contribution in [2.75, 3.05) is 27.8 Å². The lowest BCUT2D eigenvalue weighted by Gasteiger charge is -2.21. The molecule has 26 heavy (non-hydrogen) atoms. The number of methoxy groups -OCH3 is 2. The lowest BCUT2D eigenvalue weighted by molar-refractivity contribution is 0.354. The number of nitrogens with one attached hydrogen (secondary N) is 1. The van der Waals surface area contributed by atoms with Gasteiger partial charge in [0.1, 0.15) is 0 Å². The Morgan fingerprint density at radius 3 is 2.50 bits per heavy atom. The zero-order valence-electron chi connectivity index (χ0n) is 16.4. The molecule has 1 N–H and O–H groups in total. The minimum Gasteiger partial charge on any atom is -0.493 e. The quantitative estimate of drug-likeness (QED) is 0.750. The van der Waals surface area contributed by atoms with E-state index in [1.165, 1.54) is 16.8 Å². The number of aromatic nitrogens is 2. The van der Waals surface area contributed by atoms with Crippen LogP contribution in [-0.4, -0.2) is 47.6 Å². The van der Waals surface area contributed by atoms with Crippen LogP contribution in [-0.2, 0) is 20.0 Å². The van der Waals surface area contributed by atoms with Crippen LogP contribution in [0.2, 0.25) is 0 Å². The van der Waals surface area contributed by atoms with Crippen molar-refractivity contribution in [3.63, 3.8) is 0 Å². The number of rotatable bonds is 7. The van der Waals surface area contributed by atoms with Gasteiger partial charge in [0, 0.05) is 38.4 Å². The van der Waals surface area contributed by atoms with Gasteiger partial charge >= 0.3 is 0 Å². The highest BCUT2D eigenvalue weighted by Gasteiger charge is 2.13. The molecule has 0 amide bonds. The number of thiocarbonyl (C=S) groups is 1. The molecule has 2 rings (SSSR count). The average Bonchev–Trinajstić information content (AvgIpc) is 2.87. The molecule has 0 radical (unpaired) electrons.